The Labute approximate surface area is 145 Å². The molecule has 0 amide bonds. The Bertz CT molecular complexity index is 912. The fraction of sp³-hybridized carbons (Fsp3) is 0.111. The number of nitrogens with zero attached hydrogens (tertiary/aromatic N) is 6. The summed E-state index contributed by atoms with van der Waals surface area (Å²) in [7, 11) is 0. The van der Waals surface area contributed by atoms with Crippen LogP contribution in [0.4, 0.5) is 5.82 Å². The molecule has 3 heterocycles. The van der Waals surface area contributed by atoms with Gasteiger partial charge in [-0.05, 0) is 36.2 Å². The molecule has 0 fully saturated rings. The van der Waals surface area contributed by atoms with Crippen LogP contribution in [0.2, 0.25) is 0 Å². The molecule has 124 valence electrons. The van der Waals surface area contributed by atoms with Gasteiger partial charge in [0.1, 0.15) is 5.82 Å². The minimum atomic E-state index is 0.693. The van der Waals surface area contributed by atoms with Crippen LogP contribution in [0.1, 0.15) is 5.56 Å². The zero-order chi connectivity index (χ0) is 16.9. The van der Waals surface area contributed by atoms with Gasteiger partial charge in [-0.15, -0.1) is 0 Å². The number of hydrogen-bond acceptors (Lipinski definition) is 5. The second-order valence-corrected chi connectivity index (χ2v) is 5.51. The third kappa shape index (κ3) is 3.55. The van der Waals surface area contributed by atoms with E-state index in [0.29, 0.717) is 5.82 Å². The Balaban J connectivity index is 1.35. The number of hydrogen-bond donors (Lipinski definition) is 1. The second kappa shape index (κ2) is 6.96. The molecule has 1 aromatic carbocycles. The average Bonchev–Trinajstić information content (AvgIpc) is 3.37. The van der Waals surface area contributed by atoms with Crippen molar-refractivity contribution in [2.45, 2.75) is 6.42 Å². The monoisotopic (exact) mass is 331 g/mol. The van der Waals surface area contributed by atoms with E-state index in [0.717, 1.165) is 24.5 Å². The first-order valence-corrected chi connectivity index (χ1v) is 8.03. The Morgan fingerprint density at radius 3 is 2.36 bits per heavy atom. The smallest absolute Gasteiger partial charge is 0.173 e. The molecule has 4 rings (SSSR count). The molecule has 3 aromatic heterocycles. The van der Waals surface area contributed by atoms with E-state index in [1.54, 1.807) is 29.5 Å². The summed E-state index contributed by atoms with van der Waals surface area (Å²) in [6, 6.07) is 12.1. The summed E-state index contributed by atoms with van der Waals surface area (Å²) >= 11 is 0. The van der Waals surface area contributed by atoms with Crippen LogP contribution in [-0.2, 0) is 6.42 Å². The normalized spacial score (nSPS) is 10.7. The maximum Gasteiger partial charge on any atom is 0.173 e. The topological polar surface area (TPSA) is 73.5 Å². The highest BCUT2D eigenvalue weighted by Crippen LogP contribution is 2.10. The lowest BCUT2D eigenvalue weighted by Gasteiger charge is -2.08. The first-order valence-electron chi connectivity index (χ1n) is 8.03. The molecule has 0 aliphatic carbocycles. The molecule has 25 heavy (non-hydrogen) atoms. The summed E-state index contributed by atoms with van der Waals surface area (Å²) in [5, 5.41) is 11.7. The fourth-order valence-electron chi connectivity index (χ4n) is 2.53. The number of benzene rings is 1. The summed E-state index contributed by atoms with van der Waals surface area (Å²) in [4.78, 5) is 8.72. The van der Waals surface area contributed by atoms with E-state index in [1.807, 2.05) is 29.2 Å². The van der Waals surface area contributed by atoms with Crippen LogP contribution in [0.15, 0.2) is 73.6 Å². The number of aromatic nitrogens is 6. The Morgan fingerprint density at radius 1 is 0.880 bits per heavy atom. The van der Waals surface area contributed by atoms with Gasteiger partial charge in [-0.2, -0.15) is 10.2 Å². The quantitative estimate of drug-likeness (QED) is 0.588. The lowest BCUT2D eigenvalue weighted by Crippen LogP contribution is -2.08. The predicted octanol–water partition coefficient (Wildman–Crippen LogP) is 2.50. The SMILES string of the molecule is c1cnn(-c2ccc(CCNc3cncc(-n4cccn4)n3)cc2)c1. The maximum atomic E-state index is 4.51. The molecule has 7 nitrogen and oxygen atoms in total. The summed E-state index contributed by atoms with van der Waals surface area (Å²) in [5.41, 5.74) is 2.30. The minimum absolute atomic E-state index is 0.693. The van der Waals surface area contributed by atoms with Crippen molar-refractivity contribution in [3.05, 3.63) is 79.1 Å². The fourth-order valence-corrected chi connectivity index (χ4v) is 2.53. The Kier molecular flexibility index (Phi) is 4.20. The molecular weight excluding hydrogens is 314 g/mol. The van der Waals surface area contributed by atoms with Gasteiger partial charge in [-0.3, -0.25) is 4.98 Å². The molecule has 0 atom stereocenters. The molecule has 7 heteroatoms. The molecular formula is C18H17N7. The molecule has 0 aliphatic rings. The lowest BCUT2D eigenvalue weighted by molar-refractivity contribution is 0.836. The van der Waals surface area contributed by atoms with E-state index >= 15 is 0 Å². The van der Waals surface area contributed by atoms with Crippen molar-refractivity contribution in [1.29, 1.82) is 0 Å². The van der Waals surface area contributed by atoms with Gasteiger partial charge in [-0.1, -0.05) is 12.1 Å². The van der Waals surface area contributed by atoms with Gasteiger partial charge < -0.3 is 5.32 Å². The highest BCUT2D eigenvalue weighted by atomic mass is 15.3. The van der Waals surface area contributed by atoms with Gasteiger partial charge in [0, 0.05) is 31.3 Å². The Morgan fingerprint density at radius 2 is 1.64 bits per heavy atom. The summed E-state index contributed by atoms with van der Waals surface area (Å²) in [6.07, 6.45) is 11.6. The van der Waals surface area contributed by atoms with Crippen LogP contribution in [0, 0.1) is 0 Å². The molecule has 0 saturated carbocycles. The summed E-state index contributed by atoms with van der Waals surface area (Å²) in [5.74, 6) is 1.43. The first-order chi connectivity index (χ1) is 12.4. The van der Waals surface area contributed by atoms with E-state index in [4.69, 9.17) is 0 Å². The highest BCUT2D eigenvalue weighted by Gasteiger charge is 2.02. The van der Waals surface area contributed by atoms with Crippen LogP contribution in [-0.4, -0.2) is 36.1 Å². The van der Waals surface area contributed by atoms with Crippen molar-refractivity contribution in [2.75, 3.05) is 11.9 Å². The second-order valence-electron chi connectivity index (χ2n) is 5.51. The van der Waals surface area contributed by atoms with Crippen molar-refractivity contribution >= 4 is 5.82 Å². The lowest BCUT2D eigenvalue weighted by atomic mass is 10.1. The summed E-state index contributed by atoms with van der Waals surface area (Å²) < 4.78 is 3.53. The molecule has 0 aliphatic heterocycles. The molecule has 0 spiro atoms. The van der Waals surface area contributed by atoms with Crippen LogP contribution in [0.25, 0.3) is 11.5 Å². The maximum absolute atomic E-state index is 4.51. The number of nitrogens with one attached hydrogen (secondary N) is 1. The van der Waals surface area contributed by atoms with Gasteiger partial charge in [0.2, 0.25) is 0 Å². The van der Waals surface area contributed by atoms with Crippen molar-refractivity contribution in [1.82, 2.24) is 29.5 Å². The molecule has 0 bridgehead atoms. The zero-order valence-electron chi connectivity index (χ0n) is 13.5. The molecule has 4 aromatic rings. The molecule has 1 N–H and O–H groups in total. The zero-order valence-corrected chi connectivity index (χ0v) is 13.5. The van der Waals surface area contributed by atoms with E-state index in [9.17, 15) is 0 Å². The van der Waals surface area contributed by atoms with Crippen LogP contribution >= 0.6 is 0 Å². The predicted molar refractivity (Wildman–Crippen MR) is 94.9 cm³/mol. The van der Waals surface area contributed by atoms with Crippen molar-refractivity contribution in [3.63, 3.8) is 0 Å². The van der Waals surface area contributed by atoms with E-state index in [1.165, 1.54) is 5.56 Å². The first kappa shape index (κ1) is 15.1. The highest BCUT2D eigenvalue weighted by molar-refractivity contribution is 5.37. The van der Waals surface area contributed by atoms with Gasteiger partial charge in [0.25, 0.3) is 0 Å². The van der Waals surface area contributed by atoms with E-state index < -0.39 is 0 Å². The number of rotatable bonds is 6. The summed E-state index contributed by atoms with van der Waals surface area (Å²) in [6.45, 7) is 0.776. The molecule has 0 saturated heterocycles. The van der Waals surface area contributed by atoms with Gasteiger partial charge >= 0.3 is 0 Å². The largest absolute Gasteiger partial charge is 0.368 e. The van der Waals surface area contributed by atoms with Crippen LogP contribution < -0.4 is 5.32 Å². The minimum Gasteiger partial charge on any atom is -0.368 e. The van der Waals surface area contributed by atoms with Crippen molar-refractivity contribution in [2.24, 2.45) is 0 Å². The third-order valence-corrected chi connectivity index (χ3v) is 3.79. The van der Waals surface area contributed by atoms with Gasteiger partial charge in [0.15, 0.2) is 5.82 Å². The van der Waals surface area contributed by atoms with Crippen LogP contribution in [0.3, 0.4) is 0 Å². The van der Waals surface area contributed by atoms with Gasteiger partial charge in [-0.25, -0.2) is 14.3 Å². The molecule has 0 unspecified atom stereocenters. The van der Waals surface area contributed by atoms with Crippen molar-refractivity contribution in [3.8, 4) is 11.5 Å². The molecule has 0 radical (unpaired) electrons. The van der Waals surface area contributed by atoms with E-state index in [2.05, 4.69) is 49.7 Å². The van der Waals surface area contributed by atoms with E-state index in [-0.39, 0.29) is 0 Å². The number of anilines is 1. The van der Waals surface area contributed by atoms with Gasteiger partial charge in [0.05, 0.1) is 18.1 Å². The van der Waals surface area contributed by atoms with Crippen LogP contribution in [0.5, 0.6) is 0 Å². The average molecular weight is 331 g/mol. The van der Waals surface area contributed by atoms with Crippen molar-refractivity contribution < 1.29 is 0 Å². The standard InChI is InChI=1S/C18H17N7/c1-8-21-24(11-1)16-5-3-15(4-6-16)7-10-20-17-13-19-14-18(23-17)25-12-2-9-22-25/h1-6,8-9,11-14H,7,10H2,(H,20,23). The third-order valence-electron chi connectivity index (χ3n) is 3.79. The Hall–Kier alpha value is -3.48.